The molecule has 5 nitrogen and oxygen atoms in total. The molecule has 23 heavy (non-hydrogen) atoms. The number of fused-ring (bicyclic) bond motifs is 1. The van der Waals surface area contributed by atoms with E-state index in [2.05, 4.69) is 10.6 Å². The molecule has 0 bridgehead atoms. The summed E-state index contributed by atoms with van der Waals surface area (Å²) in [6.07, 6.45) is 0. The number of nitrogens with one attached hydrogen (secondary N) is 2. The minimum absolute atomic E-state index is 0.0176. The van der Waals surface area contributed by atoms with Crippen molar-refractivity contribution in [3.05, 3.63) is 53.7 Å². The zero-order valence-electron chi connectivity index (χ0n) is 12.8. The summed E-state index contributed by atoms with van der Waals surface area (Å²) in [6.45, 7) is 3.44. The summed E-state index contributed by atoms with van der Waals surface area (Å²) in [4.78, 5) is 36.0. The van der Waals surface area contributed by atoms with Crippen molar-refractivity contribution in [2.75, 3.05) is 0 Å². The molecule has 2 aromatic rings. The summed E-state index contributed by atoms with van der Waals surface area (Å²) < 4.78 is 0. The van der Waals surface area contributed by atoms with E-state index in [1.165, 1.54) is 0 Å². The molecule has 0 radical (unpaired) electrons. The first kappa shape index (κ1) is 15.0. The first-order chi connectivity index (χ1) is 11.0. The maximum atomic E-state index is 12.1. The Bertz CT molecular complexity index is 865. The summed E-state index contributed by atoms with van der Waals surface area (Å²) >= 11 is 0. The smallest absolute Gasteiger partial charge is 0.275 e. The average molecular weight is 308 g/mol. The van der Waals surface area contributed by atoms with Gasteiger partial charge in [0.25, 0.3) is 11.8 Å². The summed E-state index contributed by atoms with van der Waals surface area (Å²) in [6, 6.07) is 13.2. The third-order valence-corrected chi connectivity index (χ3v) is 3.74. The Balaban J connectivity index is 2.11. The Kier molecular flexibility index (Phi) is 3.70. The SMILES string of the molecule is CC(C)C(=O)NC1=C(c2ccc3ccccc3c2)C(=O)NC1=O. The summed E-state index contributed by atoms with van der Waals surface area (Å²) in [5.74, 6) is -1.66. The molecule has 0 saturated heterocycles. The van der Waals surface area contributed by atoms with Crippen LogP contribution >= 0.6 is 0 Å². The number of amides is 3. The number of imide groups is 1. The molecule has 0 spiro atoms. The zero-order chi connectivity index (χ0) is 16.6. The van der Waals surface area contributed by atoms with E-state index in [9.17, 15) is 14.4 Å². The topological polar surface area (TPSA) is 75.3 Å². The highest BCUT2D eigenvalue weighted by Gasteiger charge is 2.32. The molecule has 0 aromatic heterocycles. The molecule has 5 heteroatoms. The van der Waals surface area contributed by atoms with Crippen LogP contribution in [-0.2, 0) is 14.4 Å². The molecule has 3 amide bonds. The number of rotatable bonds is 3. The van der Waals surface area contributed by atoms with E-state index < -0.39 is 11.8 Å². The van der Waals surface area contributed by atoms with Gasteiger partial charge in [0.2, 0.25) is 5.91 Å². The average Bonchev–Trinajstić information content (AvgIpc) is 2.80. The predicted octanol–water partition coefficient (Wildman–Crippen LogP) is 1.98. The Morgan fingerprint density at radius 2 is 1.70 bits per heavy atom. The van der Waals surface area contributed by atoms with Crippen molar-refractivity contribution in [1.29, 1.82) is 0 Å². The van der Waals surface area contributed by atoms with E-state index in [1.807, 2.05) is 36.4 Å². The first-order valence-electron chi connectivity index (χ1n) is 7.37. The van der Waals surface area contributed by atoms with Crippen molar-refractivity contribution in [3.8, 4) is 0 Å². The van der Waals surface area contributed by atoms with Crippen LogP contribution in [0.2, 0.25) is 0 Å². The van der Waals surface area contributed by atoms with Gasteiger partial charge >= 0.3 is 0 Å². The highest BCUT2D eigenvalue weighted by molar-refractivity contribution is 6.36. The van der Waals surface area contributed by atoms with E-state index in [1.54, 1.807) is 19.9 Å². The lowest BCUT2D eigenvalue weighted by atomic mass is 10.0. The minimum atomic E-state index is -0.577. The van der Waals surface area contributed by atoms with Crippen LogP contribution in [0.3, 0.4) is 0 Å². The molecule has 0 saturated carbocycles. The molecule has 0 fully saturated rings. The molecule has 3 rings (SSSR count). The molecule has 2 aromatic carbocycles. The van der Waals surface area contributed by atoms with E-state index in [4.69, 9.17) is 0 Å². The number of hydrogen-bond acceptors (Lipinski definition) is 3. The molecule has 1 aliphatic heterocycles. The van der Waals surface area contributed by atoms with Gasteiger partial charge in [-0.15, -0.1) is 0 Å². The molecule has 116 valence electrons. The quantitative estimate of drug-likeness (QED) is 0.851. The standard InChI is InChI=1S/C18H16N2O3/c1-10(2)16(21)19-15-14(17(22)20-18(15)23)13-8-7-11-5-3-4-6-12(11)9-13/h3-10H,1-2H3,(H2,19,20,21,22,23). The molecule has 2 N–H and O–H groups in total. The lowest BCUT2D eigenvalue weighted by Gasteiger charge is -2.09. The van der Waals surface area contributed by atoms with E-state index in [0.717, 1.165) is 10.8 Å². The van der Waals surface area contributed by atoms with E-state index in [0.29, 0.717) is 5.56 Å². The van der Waals surface area contributed by atoms with Crippen molar-refractivity contribution in [2.45, 2.75) is 13.8 Å². The highest BCUT2D eigenvalue weighted by atomic mass is 16.2. The van der Waals surface area contributed by atoms with Crippen LogP contribution in [0.25, 0.3) is 16.3 Å². The van der Waals surface area contributed by atoms with Gasteiger partial charge in [0, 0.05) is 5.92 Å². The Hall–Kier alpha value is -2.95. The van der Waals surface area contributed by atoms with Crippen molar-refractivity contribution in [3.63, 3.8) is 0 Å². The van der Waals surface area contributed by atoms with Gasteiger partial charge in [-0.05, 0) is 22.4 Å². The van der Waals surface area contributed by atoms with Gasteiger partial charge in [0.15, 0.2) is 0 Å². The van der Waals surface area contributed by atoms with Gasteiger partial charge in [0.1, 0.15) is 5.70 Å². The van der Waals surface area contributed by atoms with Gasteiger partial charge < -0.3 is 5.32 Å². The molecule has 1 heterocycles. The number of hydrogen-bond donors (Lipinski definition) is 2. The normalized spacial score (nSPS) is 14.6. The number of benzene rings is 2. The number of carbonyl (C=O) groups is 3. The lowest BCUT2D eigenvalue weighted by molar-refractivity contribution is -0.127. The Morgan fingerprint density at radius 3 is 2.39 bits per heavy atom. The van der Waals surface area contributed by atoms with Crippen molar-refractivity contribution >= 4 is 34.1 Å². The van der Waals surface area contributed by atoms with Crippen LogP contribution in [0.15, 0.2) is 48.2 Å². The molecule has 0 atom stereocenters. The minimum Gasteiger partial charge on any atom is -0.321 e. The van der Waals surface area contributed by atoms with Gasteiger partial charge in [-0.3, -0.25) is 19.7 Å². The second kappa shape index (κ2) is 5.68. The molecular formula is C18H16N2O3. The van der Waals surface area contributed by atoms with Crippen LogP contribution in [0.1, 0.15) is 19.4 Å². The fraction of sp³-hybridized carbons (Fsp3) is 0.167. The van der Waals surface area contributed by atoms with Crippen molar-refractivity contribution in [2.24, 2.45) is 5.92 Å². The summed E-state index contributed by atoms with van der Waals surface area (Å²) in [7, 11) is 0. The molecule has 0 unspecified atom stereocenters. The Morgan fingerprint density at radius 1 is 1.00 bits per heavy atom. The second-order valence-electron chi connectivity index (χ2n) is 5.74. The van der Waals surface area contributed by atoms with Crippen LogP contribution in [0, 0.1) is 5.92 Å². The highest BCUT2D eigenvalue weighted by Crippen LogP contribution is 2.26. The first-order valence-corrected chi connectivity index (χ1v) is 7.37. The van der Waals surface area contributed by atoms with Gasteiger partial charge in [-0.1, -0.05) is 50.2 Å². The molecule has 0 aliphatic carbocycles. The largest absolute Gasteiger partial charge is 0.321 e. The maximum Gasteiger partial charge on any atom is 0.275 e. The third kappa shape index (κ3) is 2.73. The van der Waals surface area contributed by atoms with Crippen LogP contribution in [0.4, 0.5) is 0 Å². The summed E-state index contributed by atoms with van der Waals surface area (Å²) in [5, 5.41) is 6.80. The fourth-order valence-corrected chi connectivity index (χ4v) is 2.46. The van der Waals surface area contributed by atoms with Crippen LogP contribution < -0.4 is 10.6 Å². The lowest BCUT2D eigenvalue weighted by Crippen LogP contribution is -2.32. The molecular weight excluding hydrogens is 292 g/mol. The van der Waals surface area contributed by atoms with Crippen LogP contribution in [-0.4, -0.2) is 17.7 Å². The van der Waals surface area contributed by atoms with Crippen LogP contribution in [0.5, 0.6) is 0 Å². The predicted molar refractivity (Wildman–Crippen MR) is 87.0 cm³/mol. The third-order valence-electron chi connectivity index (χ3n) is 3.74. The second-order valence-corrected chi connectivity index (χ2v) is 5.74. The fourth-order valence-electron chi connectivity index (χ4n) is 2.46. The Labute approximate surface area is 133 Å². The zero-order valence-corrected chi connectivity index (χ0v) is 12.8. The van der Waals surface area contributed by atoms with Crippen molar-refractivity contribution < 1.29 is 14.4 Å². The monoisotopic (exact) mass is 308 g/mol. The summed E-state index contributed by atoms with van der Waals surface area (Å²) in [5.41, 5.74) is 0.824. The maximum absolute atomic E-state index is 12.1. The van der Waals surface area contributed by atoms with E-state index in [-0.39, 0.29) is 23.1 Å². The number of carbonyl (C=O) groups excluding carboxylic acids is 3. The molecule has 1 aliphatic rings. The van der Waals surface area contributed by atoms with Gasteiger partial charge in [-0.2, -0.15) is 0 Å². The van der Waals surface area contributed by atoms with Gasteiger partial charge in [-0.25, -0.2) is 0 Å². The van der Waals surface area contributed by atoms with Crippen molar-refractivity contribution in [1.82, 2.24) is 10.6 Å². The van der Waals surface area contributed by atoms with E-state index >= 15 is 0 Å². The van der Waals surface area contributed by atoms with Gasteiger partial charge in [0.05, 0.1) is 5.57 Å².